The van der Waals surface area contributed by atoms with E-state index in [4.69, 9.17) is 4.74 Å². The summed E-state index contributed by atoms with van der Waals surface area (Å²) in [6.45, 7) is 0.645. The highest BCUT2D eigenvalue weighted by Crippen LogP contribution is 2.43. The predicted octanol–water partition coefficient (Wildman–Crippen LogP) is 4.14. The summed E-state index contributed by atoms with van der Waals surface area (Å²) in [5.74, 6) is 0.921. The number of nitrogens with zero attached hydrogens (tertiary/aromatic N) is 1. The number of hydrogen-bond acceptors (Lipinski definition) is 4. The molecule has 3 atom stereocenters. The van der Waals surface area contributed by atoms with Crippen molar-refractivity contribution < 1.29 is 14.3 Å². The molecule has 1 N–H and O–H groups in total. The number of ether oxygens (including phenoxy) is 1. The maximum atomic E-state index is 13.0. The average Bonchev–Trinajstić information content (AvgIpc) is 2.83. The Morgan fingerprint density at radius 3 is 2.62 bits per heavy atom. The van der Waals surface area contributed by atoms with Crippen LogP contribution in [0.1, 0.15) is 30.4 Å². The van der Waals surface area contributed by atoms with Crippen molar-refractivity contribution >= 4 is 29.7 Å². The standard InChI is InChI=1S/C26H30N2O3S/c1-28-22-17-20(25(29)27-15-14-18-6-4-3-5-7-18)10-13-23(22)32-24(26(28)30)16-19-8-11-21(31-2)12-9-19/h3-9,11-12,16,20,22-23H,10,13-15,17H2,1-2H3,(H,27,29)/b24-16-. The smallest absolute Gasteiger partial charge is 0.260 e. The van der Waals surface area contributed by atoms with E-state index in [1.54, 1.807) is 18.9 Å². The van der Waals surface area contributed by atoms with Gasteiger partial charge in [-0.3, -0.25) is 9.59 Å². The molecule has 0 aromatic heterocycles. The molecule has 0 spiro atoms. The van der Waals surface area contributed by atoms with Gasteiger partial charge < -0.3 is 15.0 Å². The number of methoxy groups -OCH3 is 1. The number of benzene rings is 2. The second kappa shape index (κ2) is 10.3. The zero-order valence-corrected chi connectivity index (χ0v) is 19.4. The first-order valence-electron chi connectivity index (χ1n) is 11.2. The van der Waals surface area contributed by atoms with Crippen molar-refractivity contribution in [2.45, 2.75) is 37.0 Å². The van der Waals surface area contributed by atoms with Crippen LogP contribution in [0.4, 0.5) is 0 Å². The van der Waals surface area contributed by atoms with Crippen LogP contribution >= 0.6 is 11.8 Å². The normalized spacial score (nSPS) is 24.2. The Hall–Kier alpha value is -2.73. The fourth-order valence-corrected chi connectivity index (χ4v) is 5.99. The van der Waals surface area contributed by atoms with Gasteiger partial charge in [0.2, 0.25) is 5.91 Å². The number of hydrogen-bond donors (Lipinski definition) is 1. The van der Waals surface area contributed by atoms with Crippen LogP contribution in [-0.4, -0.2) is 48.7 Å². The van der Waals surface area contributed by atoms with Crippen LogP contribution in [0, 0.1) is 5.92 Å². The minimum atomic E-state index is -0.0324. The first kappa shape index (κ1) is 22.5. The van der Waals surface area contributed by atoms with Crippen molar-refractivity contribution in [2.24, 2.45) is 5.92 Å². The predicted molar refractivity (Wildman–Crippen MR) is 129 cm³/mol. The van der Waals surface area contributed by atoms with E-state index in [0.29, 0.717) is 11.8 Å². The third kappa shape index (κ3) is 5.18. The molecule has 3 unspecified atom stereocenters. The Morgan fingerprint density at radius 2 is 1.91 bits per heavy atom. The molecule has 2 aromatic rings. The summed E-state index contributed by atoms with van der Waals surface area (Å²) in [5, 5.41) is 3.43. The van der Waals surface area contributed by atoms with E-state index in [0.717, 1.165) is 41.9 Å². The lowest BCUT2D eigenvalue weighted by atomic mass is 9.83. The fraction of sp³-hybridized carbons (Fsp3) is 0.385. The number of nitrogens with one attached hydrogen (secondary N) is 1. The van der Waals surface area contributed by atoms with Crippen LogP contribution in [0.2, 0.25) is 0 Å². The number of amides is 2. The van der Waals surface area contributed by atoms with E-state index in [-0.39, 0.29) is 23.8 Å². The van der Waals surface area contributed by atoms with E-state index in [1.807, 2.05) is 60.5 Å². The third-order valence-corrected chi connectivity index (χ3v) is 7.80. The molecule has 4 rings (SSSR count). The Kier molecular flexibility index (Phi) is 7.20. The first-order chi connectivity index (χ1) is 15.5. The van der Waals surface area contributed by atoms with E-state index < -0.39 is 0 Å². The van der Waals surface area contributed by atoms with Crippen LogP contribution in [0.3, 0.4) is 0 Å². The van der Waals surface area contributed by atoms with E-state index in [1.165, 1.54) is 5.56 Å². The number of carbonyl (C=O) groups is 2. The fourth-order valence-electron chi connectivity index (χ4n) is 4.51. The van der Waals surface area contributed by atoms with Crippen molar-refractivity contribution in [1.82, 2.24) is 10.2 Å². The third-order valence-electron chi connectivity index (χ3n) is 6.40. The molecule has 32 heavy (non-hydrogen) atoms. The Balaban J connectivity index is 1.34. The lowest BCUT2D eigenvalue weighted by Crippen LogP contribution is -2.52. The maximum Gasteiger partial charge on any atom is 0.260 e. The van der Waals surface area contributed by atoms with Gasteiger partial charge in [0.25, 0.3) is 5.91 Å². The summed E-state index contributed by atoms with van der Waals surface area (Å²) in [7, 11) is 3.51. The zero-order chi connectivity index (χ0) is 22.5. The second-order valence-corrected chi connectivity index (χ2v) is 9.74. The van der Waals surface area contributed by atoms with E-state index >= 15 is 0 Å². The monoisotopic (exact) mass is 450 g/mol. The SMILES string of the molecule is COc1ccc(/C=C2\SC3CCC(C(=O)NCCc4ccccc4)CC3N(C)C2=O)cc1. The minimum Gasteiger partial charge on any atom is -0.497 e. The van der Waals surface area contributed by atoms with Gasteiger partial charge in [-0.25, -0.2) is 0 Å². The van der Waals surface area contributed by atoms with Crippen LogP contribution < -0.4 is 10.1 Å². The highest BCUT2D eigenvalue weighted by molar-refractivity contribution is 8.04. The molecule has 1 aliphatic carbocycles. The summed E-state index contributed by atoms with van der Waals surface area (Å²) in [5.41, 5.74) is 2.21. The van der Waals surface area contributed by atoms with Gasteiger partial charge in [-0.2, -0.15) is 0 Å². The molecule has 2 amide bonds. The van der Waals surface area contributed by atoms with Crippen LogP contribution in [0.5, 0.6) is 5.75 Å². The molecular formula is C26H30N2O3S. The van der Waals surface area contributed by atoms with E-state index in [9.17, 15) is 9.59 Å². The number of rotatable bonds is 6. The number of fused-ring (bicyclic) bond motifs is 1. The lowest BCUT2D eigenvalue weighted by Gasteiger charge is -2.44. The van der Waals surface area contributed by atoms with Gasteiger partial charge in [-0.15, -0.1) is 11.8 Å². The molecule has 0 radical (unpaired) electrons. The van der Waals surface area contributed by atoms with Crippen molar-refractivity contribution in [3.05, 3.63) is 70.6 Å². The number of carbonyl (C=O) groups excluding carboxylic acids is 2. The minimum absolute atomic E-state index is 0.0324. The number of likely N-dealkylation sites (N-methyl/N-ethyl adjacent to an activating group) is 1. The Bertz CT molecular complexity index is 974. The summed E-state index contributed by atoms with van der Waals surface area (Å²) in [6, 6.07) is 18.0. The van der Waals surface area contributed by atoms with Crippen molar-refractivity contribution in [3.63, 3.8) is 0 Å². The largest absolute Gasteiger partial charge is 0.497 e. The Labute approximate surface area is 194 Å². The van der Waals surface area contributed by atoms with Gasteiger partial charge in [0.05, 0.1) is 12.0 Å². The summed E-state index contributed by atoms with van der Waals surface area (Å²) in [4.78, 5) is 28.4. The molecule has 2 aliphatic rings. The topological polar surface area (TPSA) is 58.6 Å². The molecule has 168 valence electrons. The maximum absolute atomic E-state index is 13.0. The molecule has 2 fully saturated rings. The van der Waals surface area contributed by atoms with Crippen molar-refractivity contribution in [2.75, 3.05) is 20.7 Å². The van der Waals surface area contributed by atoms with Gasteiger partial charge >= 0.3 is 0 Å². The highest BCUT2D eigenvalue weighted by Gasteiger charge is 2.42. The molecular weight excluding hydrogens is 420 g/mol. The van der Waals surface area contributed by atoms with E-state index in [2.05, 4.69) is 17.4 Å². The lowest BCUT2D eigenvalue weighted by molar-refractivity contribution is -0.131. The highest BCUT2D eigenvalue weighted by atomic mass is 32.2. The van der Waals surface area contributed by atoms with Gasteiger partial charge in [0, 0.05) is 30.8 Å². The first-order valence-corrected chi connectivity index (χ1v) is 12.0. The molecule has 1 aliphatic heterocycles. The Morgan fingerprint density at radius 1 is 1.16 bits per heavy atom. The molecule has 1 heterocycles. The second-order valence-electron chi connectivity index (χ2n) is 8.46. The van der Waals surface area contributed by atoms with Gasteiger partial charge in [0.1, 0.15) is 5.75 Å². The molecule has 1 saturated heterocycles. The van der Waals surface area contributed by atoms with Crippen molar-refractivity contribution in [3.8, 4) is 5.75 Å². The average molecular weight is 451 g/mol. The van der Waals surface area contributed by atoms with Crippen LogP contribution in [0.25, 0.3) is 6.08 Å². The summed E-state index contributed by atoms with van der Waals surface area (Å²) < 4.78 is 5.21. The molecule has 5 nitrogen and oxygen atoms in total. The summed E-state index contributed by atoms with van der Waals surface area (Å²) >= 11 is 1.67. The molecule has 0 bridgehead atoms. The van der Waals surface area contributed by atoms with Gasteiger partial charge in [0.15, 0.2) is 0 Å². The molecule has 6 heteroatoms. The van der Waals surface area contributed by atoms with Crippen molar-refractivity contribution in [1.29, 1.82) is 0 Å². The van der Waals surface area contributed by atoms with Gasteiger partial charge in [-0.1, -0.05) is 42.5 Å². The zero-order valence-electron chi connectivity index (χ0n) is 18.6. The molecule has 2 aromatic carbocycles. The summed E-state index contributed by atoms with van der Waals surface area (Å²) in [6.07, 6.45) is 5.32. The quantitative estimate of drug-likeness (QED) is 0.672. The van der Waals surface area contributed by atoms with Gasteiger partial charge in [-0.05, 0) is 55.0 Å². The number of thioether (sulfide) groups is 1. The van der Waals surface area contributed by atoms with Crippen LogP contribution in [-0.2, 0) is 16.0 Å². The molecule has 1 saturated carbocycles. The van der Waals surface area contributed by atoms with Crippen LogP contribution in [0.15, 0.2) is 59.5 Å².